The van der Waals surface area contributed by atoms with E-state index in [2.05, 4.69) is 25.6 Å². The van der Waals surface area contributed by atoms with Crippen molar-refractivity contribution in [2.24, 2.45) is 0 Å². The van der Waals surface area contributed by atoms with E-state index in [1.54, 1.807) is 6.20 Å². The van der Waals surface area contributed by atoms with Crippen molar-refractivity contribution in [1.29, 1.82) is 0 Å². The average molecular weight is 340 g/mol. The third kappa shape index (κ3) is 4.20. The summed E-state index contributed by atoms with van der Waals surface area (Å²) in [5.74, 6) is 2.16. The van der Waals surface area contributed by atoms with E-state index < -0.39 is 0 Å². The van der Waals surface area contributed by atoms with E-state index in [0.717, 1.165) is 33.5 Å². The van der Waals surface area contributed by atoms with Crippen molar-refractivity contribution in [3.05, 3.63) is 70.8 Å². The normalized spacial score (nSPS) is 10.5. The van der Waals surface area contributed by atoms with Gasteiger partial charge in [0, 0.05) is 35.7 Å². The molecule has 6 heteroatoms. The van der Waals surface area contributed by atoms with Gasteiger partial charge in [0.1, 0.15) is 17.5 Å². The molecule has 0 aliphatic heterocycles. The molecule has 2 aromatic heterocycles. The highest BCUT2D eigenvalue weighted by atomic mass is 35.5. The van der Waals surface area contributed by atoms with E-state index in [1.807, 2.05) is 56.4 Å². The number of nitrogens with one attached hydrogen (secondary N) is 2. The third-order valence-electron chi connectivity index (χ3n) is 3.48. The molecule has 0 amide bonds. The Balaban J connectivity index is 1.74. The Bertz CT molecular complexity index is 836. The average Bonchev–Trinajstić information content (AvgIpc) is 2.57. The Labute approximate surface area is 146 Å². The summed E-state index contributed by atoms with van der Waals surface area (Å²) in [6.45, 7) is 4.49. The van der Waals surface area contributed by atoms with Crippen LogP contribution in [-0.2, 0) is 6.54 Å². The van der Waals surface area contributed by atoms with Gasteiger partial charge in [-0.25, -0.2) is 9.97 Å². The van der Waals surface area contributed by atoms with Gasteiger partial charge in [0.05, 0.1) is 0 Å². The number of anilines is 3. The van der Waals surface area contributed by atoms with Crippen LogP contribution in [0.4, 0.5) is 17.3 Å². The summed E-state index contributed by atoms with van der Waals surface area (Å²) < 4.78 is 0. The van der Waals surface area contributed by atoms with Crippen molar-refractivity contribution in [1.82, 2.24) is 15.0 Å². The molecule has 0 radical (unpaired) electrons. The lowest BCUT2D eigenvalue weighted by molar-refractivity contribution is 1.02. The first-order valence-electron chi connectivity index (χ1n) is 7.62. The zero-order valence-corrected chi connectivity index (χ0v) is 14.3. The lowest BCUT2D eigenvalue weighted by Crippen LogP contribution is -2.05. The Morgan fingerprint density at radius 1 is 1.04 bits per heavy atom. The standard InChI is InChI=1S/C18H18ClN5/c1-12-5-6-15(8-16(12)19)24-18-9-17(22-13(2)23-18)21-11-14-4-3-7-20-10-14/h3-10H,11H2,1-2H3,(H2,21,22,23,24). The highest BCUT2D eigenvalue weighted by Gasteiger charge is 2.04. The summed E-state index contributed by atoms with van der Waals surface area (Å²) in [5.41, 5.74) is 3.02. The topological polar surface area (TPSA) is 62.7 Å². The second-order valence-electron chi connectivity index (χ2n) is 5.49. The maximum absolute atomic E-state index is 6.17. The number of halogens is 1. The highest BCUT2D eigenvalue weighted by molar-refractivity contribution is 6.31. The number of hydrogen-bond acceptors (Lipinski definition) is 5. The number of pyridine rings is 1. The van der Waals surface area contributed by atoms with E-state index in [1.165, 1.54) is 0 Å². The van der Waals surface area contributed by atoms with Crippen LogP contribution in [0.1, 0.15) is 17.0 Å². The van der Waals surface area contributed by atoms with Crippen molar-refractivity contribution in [3.8, 4) is 0 Å². The van der Waals surface area contributed by atoms with Gasteiger partial charge in [0.15, 0.2) is 0 Å². The molecule has 122 valence electrons. The molecule has 2 heterocycles. The molecule has 0 aliphatic rings. The molecular formula is C18H18ClN5. The zero-order chi connectivity index (χ0) is 16.9. The van der Waals surface area contributed by atoms with E-state index in [4.69, 9.17) is 11.6 Å². The molecule has 0 atom stereocenters. The highest BCUT2D eigenvalue weighted by Crippen LogP contribution is 2.23. The van der Waals surface area contributed by atoms with Gasteiger partial charge < -0.3 is 10.6 Å². The van der Waals surface area contributed by atoms with Gasteiger partial charge in [0.2, 0.25) is 0 Å². The van der Waals surface area contributed by atoms with Gasteiger partial charge >= 0.3 is 0 Å². The van der Waals surface area contributed by atoms with Crippen LogP contribution in [0.3, 0.4) is 0 Å². The predicted octanol–water partition coefficient (Wildman–Crippen LogP) is 4.50. The predicted molar refractivity (Wildman–Crippen MR) is 97.8 cm³/mol. The van der Waals surface area contributed by atoms with Crippen molar-refractivity contribution in [2.75, 3.05) is 10.6 Å². The Hall–Kier alpha value is -2.66. The summed E-state index contributed by atoms with van der Waals surface area (Å²) in [5, 5.41) is 7.28. The van der Waals surface area contributed by atoms with Crippen LogP contribution in [0, 0.1) is 13.8 Å². The van der Waals surface area contributed by atoms with Crippen LogP contribution < -0.4 is 10.6 Å². The number of nitrogens with zero attached hydrogens (tertiary/aromatic N) is 3. The molecule has 1 aromatic carbocycles. The molecular weight excluding hydrogens is 322 g/mol. The van der Waals surface area contributed by atoms with E-state index in [0.29, 0.717) is 12.4 Å². The van der Waals surface area contributed by atoms with E-state index >= 15 is 0 Å². The Kier molecular flexibility index (Phi) is 4.91. The maximum Gasteiger partial charge on any atom is 0.136 e. The zero-order valence-electron chi connectivity index (χ0n) is 13.5. The molecule has 0 fully saturated rings. The van der Waals surface area contributed by atoms with Crippen LogP contribution in [-0.4, -0.2) is 15.0 Å². The molecule has 0 spiro atoms. The minimum atomic E-state index is 0.653. The van der Waals surface area contributed by atoms with Gasteiger partial charge in [-0.15, -0.1) is 0 Å². The number of hydrogen-bond donors (Lipinski definition) is 2. The number of rotatable bonds is 5. The van der Waals surface area contributed by atoms with Crippen LogP contribution in [0.25, 0.3) is 0 Å². The fraction of sp³-hybridized carbons (Fsp3) is 0.167. The quantitative estimate of drug-likeness (QED) is 0.716. The van der Waals surface area contributed by atoms with E-state index in [9.17, 15) is 0 Å². The Morgan fingerprint density at radius 2 is 1.88 bits per heavy atom. The van der Waals surface area contributed by atoms with Crippen molar-refractivity contribution in [2.45, 2.75) is 20.4 Å². The van der Waals surface area contributed by atoms with Crippen molar-refractivity contribution < 1.29 is 0 Å². The summed E-state index contributed by atoms with van der Waals surface area (Å²) >= 11 is 6.17. The SMILES string of the molecule is Cc1nc(NCc2cccnc2)cc(Nc2ccc(C)c(Cl)c2)n1. The molecule has 0 saturated carbocycles. The van der Waals surface area contributed by atoms with Crippen LogP contribution in [0.15, 0.2) is 48.8 Å². The molecule has 2 N–H and O–H groups in total. The minimum Gasteiger partial charge on any atom is -0.366 e. The summed E-state index contributed by atoms with van der Waals surface area (Å²) in [7, 11) is 0. The van der Waals surface area contributed by atoms with E-state index in [-0.39, 0.29) is 0 Å². The Morgan fingerprint density at radius 3 is 2.62 bits per heavy atom. The third-order valence-corrected chi connectivity index (χ3v) is 3.89. The maximum atomic E-state index is 6.17. The summed E-state index contributed by atoms with van der Waals surface area (Å²) in [4.78, 5) is 12.9. The van der Waals surface area contributed by atoms with Gasteiger partial charge in [-0.1, -0.05) is 23.7 Å². The lowest BCUT2D eigenvalue weighted by Gasteiger charge is -2.11. The largest absolute Gasteiger partial charge is 0.366 e. The molecule has 0 saturated heterocycles. The van der Waals surface area contributed by atoms with Crippen LogP contribution in [0.2, 0.25) is 5.02 Å². The lowest BCUT2D eigenvalue weighted by atomic mass is 10.2. The molecule has 5 nitrogen and oxygen atoms in total. The fourth-order valence-electron chi connectivity index (χ4n) is 2.24. The van der Waals surface area contributed by atoms with Gasteiger partial charge in [0.25, 0.3) is 0 Å². The molecule has 24 heavy (non-hydrogen) atoms. The second kappa shape index (κ2) is 7.27. The number of aromatic nitrogens is 3. The first-order valence-corrected chi connectivity index (χ1v) is 7.99. The molecule has 0 unspecified atom stereocenters. The first-order chi connectivity index (χ1) is 11.6. The summed E-state index contributed by atoms with van der Waals surface area (Å²) in [6.07, 6.45) is 3.58. The molecule has 0 aliphatic carbocycles. The van der Waals surface area contributed by atoms with Crippen LogP contribution in [0.5, 0.6) is 0 Å². The molecule has 3 aromatic rings. The summed E-state index contributed by atoms with van der Waals surface area (Å²) in [6, 6.07) is 11.6. The van der Waals surface area contributed by atoms with Crippen molar-refractivity contribution in [3.63, 3.8) is 0 Å². The molecule has 3 rings (SSSR count). The van der Waals surface area contributed by atoms with Crippen LogP contribution >= 0.6 is 11.6 Å². The smallest absolute Gasteiger partial charge is 0.136 e. The number of aryl methyl sites for hydroxylation is 2. The van der Waals surface area contributed by atoms with Gasteiger partial charge in [-0.2, -0.15) is 0 Å². The number of benzene rings is 1. The van der Waals surface area contributed by atoms with Gasteiger partial charge in [-0.05, 0) is 43.2 Å². The minimum absolute atomic E-state index is 0.653. The second-order valence-corrected chi connectivity index (χ2v) is 5.90. The first kappa shape index (κ1) is 16.2. The van der Waals surface area contributed by atoms with Gasteiger partial charge in [-0.3, -0.25) is 4.98 Å². The monoisotopic (exact) mass is 339 g/mol. The fourth-order valence-corrected chi connectivity index (χ4v) is 2.42. The van der Waals surface area contributed by atoms with Crippen molar-refractivity contribution >= 4 is 28.9 Å². The molecule has 0 bridgehead atoms.